The largest absolute Gasteiger partial charge is 0.353 e. The number of amides is 2. The van der Waals surface area contributed by atoms with Gasteiger partial charge in [-0.05, 0) is 24.6 Å². The highest BCUT2D eigenvalue weighted by Crippen LogP contribution is 2.14. The average molecular weight is 250 g/mol. The first-order chi connectivity index (χ1) is 8.63. The number of nitrogens with one attached hydrogen (secondary N) is 1. The highest BCUT2D eigenvalue weighted by atomic mass is 19.1. The van der Waals surface area contributed by atoms with Gasteiger partial charge in [-0.25, -0.2) is 4.39 Å². The number of halogens is 1. The molecule has 1 aromatic carbocycles. The van der Waals surface area contributed by atoms with Gasteiger partial charge in [-0.2, -0.15) is 0 Å². The number of carbonyl (C=O) groups excluding carboxylic acids is 2. The number of piperazine rings is 1. The lowest BCUT2D eigenvalue weighted by Crippen LogP contribution is -2.56. The van der Waals surface area contributed by atoms with Crippen LogP contribution < -0.4 is 5.32 Å². The third-order valence-electron chi connectivity index (χ3n) is 3.05. The second-order valence-electron chi connectivity index (χ2n) is 4.22. The summed E-state index contributed by atoms with van der Waals surface area (Å²) in [4.78, 5) is 25.4. The molecule has 0 radical (unpaired) electrons. The summed E-state index contributed by atoms with van der Waals surface area (Å²) in [5.74, 6) is -0.889. The summed E-state index contributed by atoms with van der Waals surface area (Å²) in [6.07, 6.45) is 0.549. The SMILES string of the molecule is CCC1C(=O)NCCN1C(=O)c1cccc(F)c1. The lowest BCUT2D eigenvalue weighted by atomic mass is 10.1. The standard InChI is InChI=1S/C13H15FN2O2/c1-2-11-12(17)15-6-7-16(11)13(18)9-4-3-5-10(14)8-9/h3-5,8,11H,2,6-7H2,1H3,(H,15,17). The highest BCUT2D eigenvalue weighted by Gasteiger charge is 2.32. The zero-order valence-electron chi connectivity index (χ0n) is 10.1. The molecule has 1 unspecified atom stereocenters. The summed E-state index contributed by atoms with van der Waals surface area (Å²) < 4.78 is 13.1. The van der Waals surface area contributed by atoms with E-state index in [1.165, 1.54) is 23.1 Å². The number of rotatable bonds is 2. The Kier molecular flexibility index (Phi) is 3.60. The maximum atomic E-state index is 13.1. The molecule has 0 spiro atoms. The Morgan fingerprint density at radius 1 is 1.56 bits per heavy atom. The van der Waals surface area contributed by atoms with Crippen LogP contribution in [0.4, 0.5) is 4.39 Å². The Morgan fingerprint density at radius 2 is 2.33 bits per heavy atom. The Balaban J connectivity index is 2.24. The summed E-state index contributed by atoms with van der Waals surface area (Å²) in [6.45, 7) is 2.75. The predicted octanol–water partition coefficient (Wildman–Crippen LogP) is 1.18. The topological polar surface area (TPSA) is 49.4 Å². The first-order valence-electron chi connectivity index (χ1n) is 5.97. The summed E-state index contributed by atoms with van der Waals surface area (Å²) in [6, 6.07) is 5.08. The minimum Gasteiger partial charge on any atom is -0.353 e. The van der Waals surface area contributed by atoms with Crippen molar-refractivity contribution in [3.05, 3.63) is 35.6 Å². The maximum Gasteiger partial charge on any atom is 0.254 e. The second-order valence-corrected chi connectivity index (χ2v) is 4.22. The Morgan fingerprint density at radius 3 is 3.00 bits per heavy atom. The van der Waals surface area contributed by atoms with E-state index in [4.69, 9.17) is 0 Å². The first kappa shape index (κ1) is 12.5. The molecule has 1 aromatic rings. The van der Waals surface area contributed by atoms with Crippen molar-refractivity contribution in [2.24, 2.45) is 0 Å². The van der Waals surface area contributed by atoms with E-state index < -0.39 is 11.9 Å². The molecule has 1 N–H and O–H groups in total. The third-order valence-corrected chi connectivity index (χ3v) is 3.05. The van der Waals surface area contributed by atoms with Crippen molar-refractivity contribution in [2.75, 3.05) is 13.1 Å². The molecule has 1 aliphatic rings. The molecule has 0 aliphatic carbocycles. The van der Waals surface area contributed by atoms with Crippen molar-refractivity contribution in [2.45, 2.75) is 19.4 Å². The van der Waals surface area contributed by atoms with E-state index in [2.05, 4.69) is 5.32 Å². The van der Waals surface area contributed by atoms with Gasteiger partial charge in [0.15, 0.2) is 0 Å². The van der Waals surface area contributed by atoms with Crippen LogP contribution in [0.5, 0.6) is 0 Å². The summed E-state index contributed by atoms with van der Waals surface area (Å²) in [7, 11) is 0. The highest BCUT2D eigenvalue weighted by molar-refractivity contribution is 5.98. The van der Waals surface area contributed by atoms with Crippen molar-refractivity contribution < 1.29 is 14.0 Å². The molecule has 1 atom stereocenters. The van der Waals surface area contributed by atoms with Gasteiger partial charge >= 0.3 is 0 Å². The zero-order valence-corrected chi connectivity index (χ0v) is 10.1. The van der Waals surface area contributed by atoms with Crippen molar-refractivity contribution in [3.8, 4) is 0 Å². The van der Waals surface area contributed by atoms with Crippen LogP contribution in [0.3, 0.4) is 0 Å². The molecule has 5 heteroatoms. The molecular weight excluding hydrogens is 235 g/mol. The fraction of sp³-hybridized carbons (Fsp3) is 0.385. The third kappa shape index (κ3) is 2.34. The zero-order chi connectivity index (χ0) is 13.1. The minimum absolute atomic E-state index is 0.145. The molecule has 0 bridgehead atoms. The smallest absolute Gasteiger partial charge is 0.254 e. The van der Waals surface area contributed by atoms with Crippen LogP contribution in [-0.4, -0.2) is 35.8 Å². The molecule has 18 heavy (non-hydrogen) atoms. The van der Waals surface area contributed by atoms with Gasteiger partial charge in [-0.1, -0.05) is 13.0 Å². The van der Waals surface area contributed by atoms with Crippen molar-refractivity contribution in [1.82, 2.24) is 10.2 Å². The molecule has 2 rings (SSSR count). The van der Waals surface area contributed by atoms with E-state index in [1.807, 2.05) is 6.92 Å². The first-order valence-corrected chi connectivity index (χ1v) is 5.97. The van der Waals surface area contributed by atoms with Crippen LogP contribution in [0.2, 0.25) is 0 Å². The molecule has 1 heterocycles. The van der Waals surface area contributed by atoms with E-state index in [9.17, 15) is 14.0 Å². The van der Waals surface area contributed by atoms with E-state index in [0.29, 0.717) is 19.5 Å². The van der Waals surface area contributed by atoms with Crippen LogP contribution >= 0.6 is 0 Å². The van der Waals surface area contributed by atoms with E-state index in [-0.39, 0.29) is 17.4 Å². The van der Waals surface area contributed by atoms with Gasteiger partial charge in [-0.3, -0.25) is 9.59 Å². The molecule has 0 saturated carbocycles. The van der Waals surface area contributed by atoms with Crippen molar-refractivity contribution in [1.29, 1.82) is 0 Å². The van der Waals surface area contributed by atoms with Gasteiger partial charge in [0.2, 0.25) is 5.91 Å². The van der Waals surface area contributed by atoms with Crippen molar-refractivity contribution in [3.63, 3.8) is 0 Å². The number of hydrogen-bond donors (Lipinski definition) is 1. The molecule has 1 aliphatic heterocycles. The van der Waals surface area contributed by atoms with Gasteiger partial charge < -0.3 is 10.2 Å². The lowest BCUT2D eigenvalue weighted by Gasteiger charge is -2.34. The van der Waals surface area contributed by atoms with Crippen LogP contribution in [-0.2, 0) is 4.79 Å². The molecule has 4 nitrogen and oxygen atoms in total. The van der Waals surface area contributed by atoms with Gasteiger partial charge in [0, 0.05) is 18.7 Å². The molecule has 2 amide bonds. The Labute approximate surface area is 105 Å². The Bertz CT molecular complexity index is 476. The van der Waals surface area contributed by atoms with Gasteiger partial charge in [0.05, 0.1) is 0 Å². The normalized spacial score (nSPS) is 19.6. The van der Waals surface area contributed by atoms with E-state index in [1.54, 1.807) is 6.07 Å². The van der Waals surface area contributed by atoms with E-state index in [0.717, 1.165) is 0 Å². The van der Waals surface area contributed by atoms with Gasteiger partial charge in [0.25, 0.3) is 5.91 Å². The molecule has 96 valence electrons. The van der Waals surface area contributed by atoms with Crippen molar-refractivity contribution >= 4 is 11.8 Å². The van der Waals surface area contributed by atoms with Crippen LogP contribution in [0.25, 0.3) is 0 Å². The monoisotopic (exact) mass is 250 g/mol. The van der Waals surface area contributed by atoms with Crippen LogP contribution in [0.15, 0.2) is 24.3 Å². The summed E-state index contributed by atoms with van der Waals surface area (Å²) >= 11 is 0. The van der Waals surface area contributed by atoms with Gasteiger partial charge in [0.1, 0.15) is 11.9 Å². The molecule has 0 aromatic heterocycles. The molecular formula is C13H15FN2O2. The fourth-order valence-corrected chi connectivity index (χ4v) is 2.15. The number of hydrogen-bond acceptors (Lipinski definition) is 2. The summed E-state index contributed by atoms with van der Waals surface area (Å²) in [5, 5.41) is 2.72. The number of nitrogens with zero attached hydrogens (tertiary/aromatic N) is 1. The van der Waals surface area contributed by atoms with Crippen LogP contribution in [0, 0.1) is 5.82 Å². The summed E-state index contributed by atoms with van der Waals surface area (Å²) in [5.41, 5.74) is 0.281. The van der Waals surface area contributed by atoms with Crippen LogP contribution in [0.1, 0.15) is 23.7 Å². The minimum atomic E-state index is -0.463. The predicted molar refractivity (Wildman–Crippen MR) is 64.5 cm³/mol. The maximum absolute atomic E-state index is 13.1. The Hall–Kier alpha value is -1.91. The number of benzene rings is 1. The van der Waals surface area contributed by atoms with Gasteiger partial charge in [-0.15, -0.1) is 0 Å². The number of carbonyl (C=O) groups is 2. The molecule has 1 saturated heterocycles. The quantitative estimate of drug-likeness (QED) is 0.856. The molecule has 1 fully saturated rings. The van der Waals surface area contributed by atoms with E-state index >= 15 is 0 Å². The second kappa shape index (κ2) is 5.16. The lowest BCUT2D eigenvalue weighted by molar-refractivity contribution is -0.127. The average Bonchev–Trinajstić information content (AvgIpc) is 2.37. The fourth-order valence-electron chi connectivity index (χ4n) is 2.15.